The second-order valence-corrected chi connectivity index (χ2v) is 6.32. The summed E-state index contributed by atoms with van der Waals surface area (Å²) in [6.45, 7) is 9.64. The minimum Gasteiger partial charge on any atom is -0.380 e. The van der Waals surface area contributed by atoms with Gasteiger partial charge in [0.1, 0.15) is 0 Å². The van der Waals surface area contributed by atoms with Crippen LogP contribution in [0.25, 0.3) is 0 Å². The Bertz CT molecular complexity index is 392. The summed E-state index contributed by atoms with van der Waals surface area (Å²) in [5, 5.41) is 7.51. The van der Waals surface area contributed by atoms with Gasteiger partial charge in [-0.3, -0.25) is 4.90 Å². The Morgan fingerprint density at radius 2 is 2.26 bits per heavy atom. The summed E-state index contributed by atoms with van der Waals surface area (Å²) in [5.41, 5.74) is 1.05. The van der Waals surface area contributed by atoms with Crippen molar-refractivity contribution in [2.45, 2.75) is 51.9 Å². The summed E-state index contributed by atoms with van der Waals surface area (Å²) in [7, 11) is 2.11. The Labute approximate surface area is 115 Å². The molecule has 1 saturated heterocycles. The minimum atomic E-state index is 0.0943. The molecule has 0 saturated carbocycles. The van der Waals surface area contributed by atoms with Gasteiger partial charge in [0, 0.05) is 30.8 Å². The molecule has 108 valence electrons. The molecule has 1 N–H and O–H groups in total. The van der Waals surface area contributed by atoms with Crippen molar-refractivity contribution in [3.05, 3.63) is 17.5 Å². The van der Waals surface area contributed by atoms with E-state index in [1.54, 1.807) is 0 Å². The van der Waals surface area contributed by atoms with Crippen LogP contribution in [0.3, 0.4) is 0 Å². The van der Waals surface area contributed by atoms with Gasteiger partial charge >= 0.3 is 0 Å². The molecular formula is C14H25N3O2. The van der Waals surface area contributed by atoms with Gasteiger partial charge in [0.15, 0.2) is 5.76 Å². The quantitative estimate of drug-likeness (QED) is 0.881. The first-order valence-corrected chi connectivity index (χ1v) is 6.91. The van der Waals surface area contributed by atoms with Crippen molar-refractivity contribution < 1.29 is 9.26 Å². The highest BCUT2D eigenvalue weighted by Gasteiger charge is 2.21. The maximum atomic E-state index is 5.40. The van der Waals surface area contributed by atoms with Crippen LogP contribution in [0.2, 0.25) is 0 Å². The molecule has 1 unspecified atom stereocenters. The summed E-state index contributed by atoms with van der Waals surface area (Å²) in [4.78, 5) is 2.27. The molecule has 0 aliphatic carbocycles. The van der Waals surface area contributed by atoms with Gasteiger partial charge in [-0.05, 0) is 34.2 Å². The number of likely N-dealkylation sites (N-methyl/N-ethyl adjacent to an activating group) is 1. The van der Waals surface area contributed by atoms with E-state index in [9.17, 15) is 0 Å². The highest BCUT2D eigenvalue weighted by atomic mass is 16.5. The molecule has 0 spiro atoms. The van der Waals surface area contributed by atoms with Crippen LogP contribution in [0.4, 0.5) is 0 Å². The number of hydrogen-bond donors (Lipinski definition) is 1. The predicted octanol–water partition coefficient (Wildman–Crippen LogP) is 1.78. The molecule has 5 heteroatoms. The molecule has 1 aromatic rings. The van der Waals surface area contributed by atoms with Gasteiger partial charge in [-0.2, -0.15) is 0 Å². The van der Waals surface area contributed by atoms with Crippen molar-refractivity contribution in [3.63, 3.8) is 0 Å². The Hall–Kier alpha value is -0.910. The topological polar surface area (TPSA) is 50.5 Å². The monoisotopic (exact) mass is 267 g/mol. The molecule has 19 heavy (non-hydrogen) atoms. The molecule has 1 fully saturated rings. The third-order valence-electron chi connectivity index (χ3n) is 3.34. The van der Waals surface area contributed by atoms with Crippen LogP contribution in [-0.2, 0) is 17.8 Å². The fraction of sp³-hybridized carbons (Fsp3) is 0.786. The predicted molar refractivity (Wildman–Crippen MR) is 73.8 cm³/mol. The number of nitrogens with zero attached hydrogens (tertiary/aromatic N) is 2. The lowest BCUT2D eigenvalue weighted by Crippen LogP contribution is -2.35. The molecule has 5 nitrogen and oxygen atoms in total. The maximum Gasteiger partial charge on any atom is 0.151 e. The smallest absolute Gasteiger partial charge is 0.151 e. The highest BCUT2D eigenvalue weighted by molar-refractivity contribution is 5.05. The molecule has 1 aliphatic rings. The van der Waals surface area contributed by atoms with Crippen molar-refractivity contribution in [1.29, 1.82) is 0 Å². The fourth-order valence-corrected chi connectivity index (χ4v) is 2.11. The summed E-state index contributed by atoms with van der Waals surface area (Å²) in [6, 6.07) is 2.53. The van der Waals surface area contributed by atoms with E-state index in [4.69, 9.17) is 9.26 Å². The first kappa shape index (κ1) is 14.5. The SMILES string of the molecule is CN(Cc1cc(CNC(C)(C)C)no1)C1CCOC1. The number of nitrogens with one attached hydrogen (secondary N) is 1. The van der Waals surface area contributed by atoms with Gasteiger partial charge in [-0.25, -0.2) is 0 Å². The van der Waals surface area contributed by atoms with Crippen molar-refractivity contribution in [2.24, 2.45) is 0 Å². The summed E-state index contributed by atoms with van der Waals surface area (Å²) in [6.07, 6.45) is 1.10. The summed E-state index contributed by atoms with van der Waals surface area (Å²) < 4.78 is 10.8. The standard InChI is InChI=1S/C14H25N3O2/c1-14(2,3)15-8-11-7-13(19-16-11)9-17(4)12-5-6-18-10-12/h7,12,15H,5-6,8-10H2,1-4H3. The van der Waals surface area contributed by atoms with Crippen molar-refractivity contribution in [2.75, 3.05) is 20.3 Å². The lowest BCUT2D eigenvalue weighted by atomic mass is 10.1. The van der Waals surface area contributed by atoms with Crippen LogP contribution < -0.4 is 5.32 Å². The largest absolute Gasteiger partial charge is 0.380 e. The van der Waals surface area contributed by atoms with Crippen molar-refractivity contribution in [3.8, 4) is 0 Å². The molecule has 1 atom stereocenters. The van der Waals surface area contributed by atoms with Gasteiger partial charge in [-0.15, -0.1) is 0 Å². The van der Waals surface area contributed by atoms with Crippen molar-refractivity contribution in [1.82, 2.24) is 15.4 Å². The minimum absolute atomic E-state index is 0.0943. The number of ether oxygens (including phenoxy) is 1. The van der Waals surface area contributed by atoms with Gasteiger partial charge in [-0.1, -0.05) is 5.16 Å². The molecule has 0 radical (unpaired) electrons. The highest BCUT2D eigenvalue weighted by Crippen LogP contribution is 2.15. The molecule has 1 aliphatic heterocycles. The fourth-order valence-electron chi connectivity index (χ4n) is 2.11. The van der Waals surface area contributed by atoms with Gasteiger partial charge in [0.2, 0.25) is 0 Å². The zero-order chi connectivity index (χ0) is 13.9. The molecule has 0 amide bonds. The average molecular weight is 267 g/mol. The average Bonchev–Trinajstić information content (AvgIpc) is 2.96. The van der Waals surface area contributed by atoms with E-state index >= 15 is 0 Å². The second kappa shape index (κ2) is 6.03. The Kier molecular flexibility index (Phi) is 4.60. The summed E-state index contributed by atoms with van der Waals surface area (Å²) >= 11 is 0. The number of aromatic nitrogens is 1. The van der Waals surface area contributed by atoms with Gasteiger partial charge < -0.3 is 14.6 Å². The summed E-state index contributed by atoms with van der Waals surface area (Å²) in [5.74, 6) is 0.917. The lowest BCUT2D eigenvalue weighted by Gasteiger charge is -2.20. The van der Waals surface area contributed by atoms with E-state index in [0.717, 1.165) is 44.2 Å². The first-order valence-electron chi connectivity index (χ1n) is 6.91. The van der Waals surface area contributed by atoms with Crippen molar-refractivity contribution >= 4 is 0 Å². The van der Waals surface area contributed by atoms with Gasteiger partial charge in [0.05, 0.1) is 18.8 Å². The van der Waals surface area contributed by atoms with Crippen LogP contribution in [0, 0.1) is 0 Å². The number of hydrogen-bond acceptors (Lipinski definition) is 5. The van der Waals surface area contributed by atoms with Gasteiger partial charge in [0.25, 0.3) is 0 Å². The van der Waals surface area contributed by atoms with E-state index in [0.29, 0.717) is 6.04 Å². The van der Waals surface area contributed by atoms with E-state index in [1.807, 2.05) is 6.07 Å². The molecule has 0 bridgehead atoms. The third kappa shape index (κ3) is 4.60. The van der Waals surface area contributed by atoms with E-state index < -0.39 is 0 Å². The zero-order valence-corrected chi connectivity index (χ0v) is 12.4. The van der Waals surface area contributed by atoms with E-state index in [-0.39, 0.29) is 5.54 Å². The van der Waals surface area contributed by atoms with Crippen LogP contribution in [0.15, 0.2) is 10.6 Å². The second-order valence-electron chi connectivity index (χ2n) is 6.32. The zero-order valence-electron chi connectivity index (χ0n) is 12.4. The molecular weight excluding hydrogens is 242 g/mol. The Morgan fingerprint density at radius 1 is 1.47 bits per heavy atom. The number of rotatable bonds is 5. The Balaban J connectivity index is 1.83. The maximum absolute atomic E-state index is 5.40. The van der Waals surface area contributed by atoms with Crippen LogP contribution in [-0.4, -0.2) is 41.9 Å². The molecule has 1 aromatic heterocycles. The molecule has 2 rings (SSSR count). The third-order valence-corrected chi connectivity index (χ3v) is 3.34. The first-order chi connectivity index (χ1) is 8.94. The molecule has 0 aromatic carbocycles. The lowest BCUT2D eigenvalue weighted by molar-refractivity contribution is 0.150. The van der Waals surface area contributed by atoms with Crippen LogP contribution in [0.1, 0.15) is 38.6 Å². The normalized spacial score (nSPS) is 20.4. The molecule has 2 heterocycles. The van der Waals surface area contributed by atoms with Crippen LogP contribution in [0.5, 0.6) is 0 Å². The van der Waals surface area contributed by atoms with E-state index in [1.165, 1.54) is 0 Å². The van der Waals surface area contributed by atoms with Crippen LogP contribution >= 0.6 is 0 Å². The van der Waals surface area contributed by atoms with E-state index in [2.05, 4.69) is 43.2 Å². The Morgan fingerprint density at radius 3 is 2.89 bits per heavy atom.